The summed E-state index contributed by atoms with van der Waals surface area (Å²) in [5.41, 5.74) is 8.24. The van der Waals surface area contributed by atoms with Crippen molar-refractivity contribution in [1.29, 1.82) is 0 Å². The van der Waals surface area contributed by atoms with Crippen LogP contribution in [-0.2, 0) is 0 Å². The van der Waals surface area contributed by atoms with E-state index >= 15 is 0 Å². The number of fused-ring (bicyclic) bond motifs is 1. The summed E-state index contributed by atoms with van der Waals surface area (Å²) in [6, 6.07) is 23.8. The highest BCUT2D eigenvalue weighted by Crippen LogP contribution is 2.51. The van der Waals surface area contributed by atoms with Gasteiger partial charge in [-0.1, -0.05) is 67.9 Å². The van der Waals surface area contributed by atoms with Crippen LogP contribution in [0.4, 0.5) is 4.39 Å². The number of rotatable bonds is 3. The topological polar surface area (TPSA) is 15.6 Å². The molecule has 3 aromatic carbocycles. The molecule has 1 aliphatic carbocycles. The first-order valence-corrected chi connectivity index (χ1v) is 14.0. The second kappa shape index (κ2) is 9.57. The van der Waals surface area contributed by atoms with Crippen molar-refractivity contribution in [3.05, 3.63) is 127 Å². The Morgan fingerprint density at radius 1 is 0.886 bits per heavy atom. The van der Waals surface area contributed by atoms with Crippen LogP contribution >= 0.6 is 43.6 Å². The number of aliphatic imine (C=N–C) groups is 1. The molecular weight excluding hydrogens is 587 g/mol. The predicted molar refractivity (Wildman–Crippen MR) is 151 cm³/mol. The molecule has 0 unspecified atom stereocenters. The molecule has 0 spiro atoms. The van der Waals surface area contributed by atoms with E-state index in [1.807, 2.05) is 12.1 Å². The summed E-state index contributed by atoms with van der Waals surface area (Å²) in [4.78, 5) is 7.56. The van der Waals surface area contributed by atoms with Crippen LogP contribution in [0.5, 0.6) is 0 Å². The fourth-order valence-electron chi connectivity index (χ4n) is 4.95. The van der Waals surface area contributed by atoms with Crippen LogP contribution in [0.3, 0.4) is 0 Å². The van der Waals surface area contributed by atoms with Crippen molar-refractivity contribution in [2.75, 3.05) is 0 Å². The van der Waals surface area contributed by atoms with Crippen LogP contribution in [0, 0.1) is 5.82 Å². The summed E-state index contributed by atoms with van der Waals surface area (Å²) in [6.07, 6.45) is 5.40. The second-order valence-corrected chi connectivity index (χ2v) is 11.5. The monoisotopic (exact) mass is 606 g/mol. The minimum atomic E-state index is -0.225. The fraction of sp³-hybridized carbons (Fsp3) is 0.138. The van der Waals surface area contributed by atoms with Gasteiger partial charge in [-0.05, 0) is 102 Å². The highest BCUT2D eigenvalue weighted by molar-refractivity contribution is 9.10. The van der Waals surface area contributed by atoms with Crippen LogP contribution in [0.1, 0.15) is 42.0 Å². The van der Waals surface area contributed by atoms with Crippen molar-refractivity contribution in [3.63, 3.8) is 0 Å². The van der Waals surface area contributed by atoms with Crippen LogP contribution < -0.4 is 0 Å². The Morgan fingerprint density at radius 2 is 1.57 bits per heavy atom. The number of amidine groups is 1. The van der Waals surface area contributed by atoms with Gasteiger partial charge in [0.05, 0.1) is 17.4 Å². The van der Waals surface area contributed by atoms with Crippen molar-refractivity contribution in [2.45, 2.75) is 25.3 Å². The first-order chi connectivity index (χ1) is 17.1. The number of hydrogen-bond acceptors (Lipinski definition) is 3. The van der Waals surface area contributed by atoms with Crippen molar-refractivity contribution in [1.82, 2.24) is 4.90 Å². The van der Waals surface area contributed by atoms with Crippen molar-refractivity contribution >= 4 is 60.6 Å². The number of thioether (sulfide) groups is 1. The Balaban J connectivity index is 1.48. The average molecular weight is 608 g/mol. The zero-order valence-corrected chi connectivity index (χ0v) is 22.7. The molecule has 0 fully saturated rings. The van der Waals surface area contributed by atoms with Crippen molar-refractivity contribution in [3.8, 4) is 0 Å². The molecule has 0 aromatic heterocycles. The fourth-order valence-corrected chi connectivity index (χ4v) is 6.41. The van der Waals surface area contributed by atoms with E-state index in [0.717, 1.165) is 50.3 Å². The maximum absolute atomic E-state index is 13.7. The molecule has 2 aliphatic heterocycles. The SMILES string of the molecule is Fc1ccc(C2=CSC3=NC4=C(CCC/C4=C\c4ccc(Br)cc4)[C@H](c4ccc(Br)cc4)N23)cc1. The lowest BCUT2D eigenvalue weighted by atomic mass is 9.83. The molecule has 6 heteroatoms. The van der Waals surface area contributed by atoms with Crippen LogP contribution in [0.25, 0.3) is 11.8 Å². The van der Waals surface area contributed by atoms with Gasteiger partial charge < -0.3 is 4.90 Å². The molecule has 0 saturated carbocycles. The molecule has 2 heterocycles. The second-order valence-electron chi connectivity index (χ2n) is 8.79. The van der Waals surface area contributed by atoms with Gasteiger partial charge in [0.2, 0.25) is 0 Å². The molecule has 35 heavy (non-hydrogen) atoms. The molecule has 0 saturated heterocycles. The number of nitrogens with zero attached hydrogens (tertiary/aromatic N) is 2. The lowest BCUT2D eigenvalue weighted by molar-refractivity contribution is 0.457. The van der Waals surface area contributed by atoms with E-state index in [9.17, 15) is 4.39 Å². The Labute approximate surface area is 225 Å². The van der Waals surface area contributed by atoms with Gasteiger partial charge in [0.1, 0.15) is 5.82 Å². The minimum absolute atomic E-state index is 0.0468. The Morgan fingerprint density at radius 3 is 2.29 bits per heavy atom. The lowest BCUT2D eigenvalue weighted by Gasteiger charge is -2.40. The summed E-state index contributed by atoms with van der Waals surface area (Å²) < 4.78 is 15.8. The zero-order chi connectivity index (χ0) is 23.9. The average Bonchev–Trinajstić information content (AvgIpc) is 3.29. The van der Waals surface area contributed by atoms with Gasteiger partial charge in [0, 0.05) is 14.4 Å². The quantitative estimate of drug-likeness (QED) is 0.295. The lowest BCUT2D eigenvalue weighted by Crippen LogP contribution is -2.34. The number of halogens is 3. The van der Waals surface area contributed by atoms with Crippen molar-refractivity contribution < 1.29 is 4.39 Å². The zero-order valence-electron chi connectivity index (χ0n) is 18.7. The van der Waals surface area contributed by atoms with Gasteiger partial charge in [-0.15, -0.1) is 0 Å². The molecular formula is C29H21Br2FN2S. The van der Waals surface area contributed by atoms with E-state index in [1.165, 1.54) is 34.4 Å². The molecule has 2 nitrogen and oxygen atoms in total. The molecule has 1 atom stereocenters. The van der Waals surface area contributed by atoms with Gasteiger partial charge in [-0.3, -0.25) is 0 Å². The smallest absolute Gasteiger partial charge is 0.174 e. The van der Waals surface area contributed by atoms with Gasteiger partial charge in [-0.2, -0.15) is 0 Å². The van der Waals surface area contributed by atoms with E-state index in [1.54, 1.807) is 11.8 Å². The molecule has 6 rings (SSSR count). The Hall–Kier alpha value is -2.41. The highest BCUT2D eigenvalue weighted by Gasteiger charge is 2.40. The normalized spacial score (nSPS) is 20.5. The first-order valence-electron chi connectivity index (χ1n) is 11.5. The standard InChI is InChI=1S/C29H21Br2FN2S/c30-22-10-4-18(5-11-22)16-21-2-1-3-25-27(21)33-29-34(28(25)20-6-12-23(31)13-7-20)26(17-35-29)19-8-14-24(32)15-9-19/h4-17,28H,1-3H2/b21-16+/t28-/m0/s1. The van der Waals surface area contributed by atoms with E-state index in [4.69, 9.17) is 4.99 Å². The molecule has 0 N–H and O–H groups in total. The van der Waals surface area contributed by atoms with E-state index in [0.29, 0.717) is 0 Å². The van der Waals surface area contributed by atoms with Gasteiger partial charge >= 0.3 is 0 Å². The van der Waals surface area contributed by atoms with Crippen LogP contribution in [0.2, 0.25) is 0 Å². The van der Waals surface area contributed by atoms with Crippen molar-refractivity contribution in [2.24, 2.45) is 4.99 Å². The van der Waals surface area contributed by atoms with E-state index < -0.39 is 0 Å². The van der Waals surface area contributed by atoms with Gasteiger partial charge in [0.15, 0.2) is 5.17 Å². The van der Waals surface area contributed by atoms with Gasteiger partial charge in [-0.25, -0.2) is 9.38 Å². The van der Waals surface area contributed by atoms with E-state index in [2.05, 4.69) is 96.8 Å². The predicted octanol–water partition coefficient (Wildman–Crippen LogP) is 9.33. The minimum Gasteiger partial charge on any atom is -0.308 e. The van der Waals surface area contributed by atoms with E-state index in [-0.39, 0.29) is 11.9 Å². The molecule has 3 aliphatic rings. The summed E-state index contributed by atoms with van der Waals surface area (Å²) in [5, 5.41) is 3.12. The summed E-state index contributed by atoms with van der Waals surface area (Å²) in [6.45, 7) is 0. The maximum Gasteiger partial charge on any atom is 0.174 e. The summed E-state index contributed by atoms with van der Waals surface area (Å²) >= 11 is 8.77. The highest BCUT2D eigenvalue weighted by atomic mass is 79.9. The Bertz CT molecular complexity index is 1400. The third-order valence-electron chi connectivity index (χ3n) is 6.57. The summed E-state index contributed by atoms with van der Waals surface area (Å²) in [7, 11) is 0. The summed E-state index contributed by atoms with van der Waals surface area (Å²) in [5.74, 6) is -0.225. The maximum atomic E-state index is 13.7. The molecule has 0 bridgehead atoms. The number of allylic oxidation sites excluding steroid dienone is 1. The van der Waals surface area contributed by atoms with Crippen LogP contribution in [-0.4, -0.2) is 10.1 Å². The van der Waals surface area contributed by atoms with Crippen LogP contribution in [0.15, 0.2) is 109 Å². The molecule has 0 amide bonds. The molecule has 0 radical (unpaired) electrons. The molecule has 174 valence electrons. The third-order valence-corrected chi connectivity index (χ3v) is 8.47. The largest absolute Gasteiger partial charge is 0.308 e. The van der Waals surface area contributed by atoms with Gasteiger partial charge in [0.25, 0.3) is 0 Å². The Kier molecular flexibility index (Phi) is 6.29. The number of hydrogen-bond donors (Lipinski definition) is 0. The third kappa shape index (κ3) is 4.48. The molecule has 3 aromatic rings. The first kappa shape index (κ1) is 23.0. The number of benzene rings is 3.